The van der Waals surface area contributed by atoms with Crippen LogP contribution in [-0.4, -0.2) is 75.9 Å². The molecule has 6 N–H and O–H groups in total. The smallest absolute Gasteiger partial charge is 0.229 e. The van der Waals surface area contributed by atoms with Crippen LogP contribution in [0.3, 0.4) is 0 Å². The quantitative estimate of drug-likeness (QED) is 0.199. The van der Waals surface area contributed by atoms with E-state index in [1.54, 1.807) is 24.3 Å². The number of hydrogen-bond donors (Lipinski definition) is 6. The van der Waals surface area contributed by atoms with E-state index in [4.69, 9.17) is 28.8 Å². The van der Waals surface area contributed by atoms with Gasteiger partial charge in [0.25, 0.3) is 0 Å². The van der Waals surface area contributed by atoms with Crippen molar-refractivity contribution in [2.45, 2.75) is 30.5 Å². The first-order valence-electron chi connectivity index (χ1n) is 7.82. The van der Waals surface area contributed by atoms with Crippen LogP contribution in [0.5, 0.6) is 5.75 Å². The molecule has 1 saturated heterocycles. The fourth-order valence-corrected chi connectivity index (χ4v) is 2.94. The summed E-state index contributed by atoms with van der Waals surface area (Å²) in [5.74, 6) is 0.846. The maximum atomic E-state index is 10.1. The van der Waals surface area contributed by atoms with Crippen LogP contribution in [0.4, 0.5) is 5.69 Å². The van der Waals surface area contributed by atoms with Crippen molar-refractivity contribution in [3.63, 3.8) is 0 Å². The predicted octanol–water partition coefficient (Wildman–Crippen LogP) is -0.682. The zero-order valence-corrected chi connectivity index (χ0v) is 15.5. The van der Waals surface area contributed by atoms with Gasteiger partial charge in [0.15, 0.2) is 12.2 Å². The predicted molar refractivity (Wildman–Crippen MR) is 103 cm³/mol. The van der Waals surface area contributed by atoms with E-state index in [9.17, 15) is 20.4 Å². The lowest BCUT2D eigenvalue weighted by Crippen LogP contribution is -2.59. The normalized spacial score (nSPS) is 24.7. The van der Waals surface area contributed by atoms with Crippen molar-refractivity contribution in [1.82, 2.24) is 5.32 Å². The summed E-state index contributed by atoms with van der Waals surface area (Å²) >= 11 is 6.21. The molecule has 2 radical (unpaired) electrons. The Kier molecular flexibility index (Phi) is 7.95. The van der Waals surface area contributed by atoms with Crippen LogP contribution in [-0.2, 0) is 4.74 Å². The summed E-state index contributed by atoms with van der Waals surface area (Å²) in [5.41, 5.74) is -0.661. The summed E-state index contributed by atoms with van der Waals surface area (Å²) < 4.78 is 11.1. The first-order chi connectivity index (χ1) is 12.4. The number of rotatable bonds is 7. The summed E-state index contributed by atoms with van der Waals surface area (Å²) in [6.45, 7) is -1.02. The highest BCUT2D eigenvalue weighted by molar-refractivity contribution is 8.19. The Bertz CT molecular complexity index is 590. The van der Waals surface area contributed by atoms with Gasteiger partial charge in [-0.2, -0.15) is 0 Å². The molecule has 3 unspecified atom stereocenters. The third-order valence-corrected chi connectivity index (χ3v) is 4.43. The molecule has 142 valence electrons. The average Bonchev–Trinajstić information content (AvgIpc) is 2.65. The van der Waals surface area contributed by atoms with E-state index in [0.717, 1.165) is 11.6 Å². The zero-order chi connectivity index (χ0) is 19.2. The molecule has 26 heavy (non-hydrogen) atoms. The van der Waals surface area contributed by atoms with E-state index in [1.807, 2.05) is 0 Å². The molecule has 0 spiro atoms. The largest absolute Gasteiger partial charge is 0.462 e. The summed E-state index contributed by atoms with van der Waals surface area (Å²) in [7, 11) is 5.31. The van der Waals surface area contributed by atoms with Crippen LogP contribution in [0, 0.1) is 0 Å². The highest BCUT2D eigenvalue weighted by Gasteiger charge is 2.47. The van der Waals surface area contributed by atoms with Crippen molar-refractivity contribution in [3.05, 3.63) is 24.3 Å². The average molecular weight is 400 g/mol. The van der Waals surface area contributed by atoms with E-state index in [-0.39, 0.29) is 6.42 Å². The SMILES string of the molecule is [B]SCNC(=S)Nc1ccc(OC2OC(CO)(CO)CC(O)C2O)cc1. The summed E-state index contributed by atoms with van der Waals surface area (Å²) in [6, 6.07) is 6.66. The van der Waals surface area contributed by atoms with Gasteiger partial charge >= 0.3 is 0 Å². The minimum atomic E-state index is -1.37. The number of hydrogen-bond acceptors (Lipinski definition) is 8. The topological polar surface area (TPSA) is 123 Å². The third kappa shape index (κ3) is 5.46. The van der Waals surface area contributed by atoms with Gasteiger partial charge in [0, 0.05) is 12.1 Å². The molecule has 1 heterocycles. The fourth-order valence-electron chi connectivity index (χ4n) is 2.43. The Morgan fingerprint density at radius 3 is 2.54 bits per heavy atom. The Balaban J connectivity index is 1.99. The fraction of sp³-hybridized carbons (Fsp3) is 0.533. The van der Waals surface area contributed by atoms with E-state index >= 15 is 0 Å². The number of benzene rings is 1. The summed E-state index contributed by atoms with van der Waals surface area (Å²) in [4.78, 5) is 0. The van der Waals surface area contributed by atoms with Crippen LogP contribution in [0.1, 0.15) is 6.42 Å². The van der Waals surface area contributed by atoms with Crippen LogP contribution in [0.15, 0.2) is 24.3 Å². The minimum Gasteiger partial charge on any atom is -0.462 e. The van der Waals surface area contributed by atoms with Crippen LogP contribution in [0.2, 0.25) is 0 Å². The molecule has 1 aliphatic heterocycles. The van der Waals surface area contributed by atoms with Crippen molar-refractivity contribution in [3.8, 4) is 5.75 Å². The third-order valence-electron chi connectivity index (χ3n) is 3.88. The van der Waals surface area contributed by atoms with Crippen molar-refractivity contribution in [2.75, 3.05) is 24.4 Å². The molecule has 0 amide bonds. The standard InChI is InChI=1S/C15H21BN2O6S2/c16-26-8-17-14(25)18-9-1-3-10(4-2-9)23-13-12(22)11(21)5-15(6-19,7-20)24-13/h1-4,11-13,19-22H,5-8H2,(H2,17,18,25). The van der Waals surface area contributed by atoms with Crippen LogP contribution in [0.25, 0.3) is 0 Å². The van der Waals surface area contributed by atoms with Gasteiger partial charge in [-0.1, -0.05) is 0 Å². The monoisotopic (exact) mass is 400 g/mol. The first kappa shape index (κ1) is 21.2. The van der Waals surface area contributed by atoms with Crippen molar-refractivity contribution < 1.29 is 29.9 Å². The van der Waals surface area contributed by atoms with Gasteiger partial charge < -0.3 is 40.5 Å². The van der Waals surface area contributed by atoms with E-state index in [0.29, 0.717) is 22.4 Å². The molecular weight excluding hydrogens is 379 g/mol. The Morgan fingerprint density at radius 1 is 1.31 bits per heavy atom. The number of ether oxygens (including phenoxy) is 2. The molecule has 1 aliphatic rings. The van der Waals surface area contributed by atoms with Gasteiger partial charge in [0.05, 0.1) is 25.2 Å². The number of aliphatic hydroxyl groups is 4. The lowest BCUT2D eigenvalue weighted by Gasteiger charge is -2.43. The molecular formula is C15H21BN2O6S2. The molecule has 8 nitrogen and oxygen atoms in total. The summed E-state index contributed by atoms with van der Waals surface area (Å²) in [5, 5.41) is 45.2. The maximum absolute atomic E-state index is 10.1. The molecule has 11 heteroatoms. The van der Waals surface area contributed by atoms with Crippen molar-refractivity contribution >= 4 is 41.8 Å². The van der Waals surface area contributed by atoms with Gasteiger partial charge in [-0.05, 0) is 36.5 Å². The lowest BCUT2D eigenvalue weighted by atomic mass is 9.91. The second-order valence-corrected chi connectivity index (χ2v) is 6.86. The van der Waals surface area contributed by atoms with Gasteiger partial charge in [-0.15, -0.1) is 0 Å². The molecule has 0 aliphatic carbocycles. The number of aliphatic hydroxyl groups excluding tert-OH is 4. The van der Waals surface area contributed by atoms with Gasteiger partial charge in [0.2, 0.25) is 6.29 Å². The maximum Gasteiger partial charge on any atom is 0.229 e. The van der Waals surface area contributed by atoms with E-state index in [2.05, 4.69) is 10.6 Å². The van der Waals surface area contributed by atoms with Gasteiger partial charge in [-0.25, -0.2) is 11.6 Å². The minimum absolute atomic E-state index is 0.102. The molecule has 2 rings (SSSR count). The van der Waals surface area contributed by atoms with Gasteiger partial charge in [0.1, 0.15) is 17.5 Å². The molecule has 1 aromatic carbocycles. The zero-order valence-electron chi connectivity index (χ0n) is 13.9. The Labute approximate surface area is 162 Å². The second kappa shape index (κ2) is 9.74. The number of thiocarbonyl (C=S) groups is 1. The van der Waals surface area contributed by atoms with E-state index < -0.39 is 37.3 Å². The molecule has 1 aromatic rings. The molecule has 1 fully saturated rings. The van der Waals surface area contributed by atoms with E-state index in [1.165, 1.54) is 0 Å². The highest BCUT2D eigenvalue weighted by Crippen LogP contribution is 2.31. The summed E-state index contributed by atoms with van der Waals surface area (Å²) in [6.07, 6.45) is -3.85. The molecule has 0 saturated carbocycles. The second-order valence-electron chi connectivity index (χ2n) is 5.83. The number of nitrogens with one attached hydrogen (secondary N) is 2. The molecule has 0 aromatic heterocycles. The molecule has 3 atom stereocenters. The van der Waals surface area contributed by atoms with Gasteiger partial charge in [-0.3, -0.25) is 0 Å². The van der Waals surface area contributed by atoms with Crippen molar-refractivity contribution in [2.24, 2.45) is 0 Å². The lowest BCUT2D eigenvalue weighted by molar-refractivity contribution is -0.288. The van der Waals surface area contributed by atoms with Crippen molar-refractivity contribution in [1.29, 1.82) is 0 Å². The Morgan fingerprint density at radius 2 is 1.96 bits per heavy atom. The highest BCUT2D eigenvalue weighted by atomic mass is 32.2. The number of anilines is 1. The van der Waals surface area contributed by atoms with Crippen LogP contribution < -0.4 is 15.4 Å². The Hall–Kier alpha value is -1.08. The van der Waals surface area contributed by atoms with Crippen LogP contribution >= 0.6 is 23.8 Å². The molecule has 0 bridgehead atoms. The first-order valence-corrected chi connectivity index (χ1v) is 9.27.